The highest BCUT2D eigenvalue weighted by atomic mass is 16.6. The fraction of sp³-hybridized carbons (Fsp3) is 0.250. The van der Waals surface area contributed by atoms with E-state index in [-0.39, 0.29) is 11.6 Å². The van der Waals surface area contributed by atoms with Crippen LogP contribution < -0.4 is 9.64 Å². The number of anilines is 1. The van der Waals surface area contributed by atoms with E-state index < -0.39 is 10.5 Å². The summed E-state index contributed by atoms with van der Waals surface area (Å²) >= 11 is 0. The summed E-state index contributed by atoms with van der Waals surface area (Å²) < 4.78 is 5.84. The summed E-state index contributed by atoms with van der Waals surface area (Å²) in [6.45, 7) is 4.02. The van der Waals surface area contributed by atoms with Gasteiger partial charge in [0.25, 0.3) is 11.6 Å². The van der Waals surface area contributed by atoms with Crippen molar-refractivity contribution in [2.75, 3.05) is 11.4 Å². The Hall–Kier alpha value is -2.96. The van der Waals surface area contributed by atoms with Crippen LogP contribution >= 0.6 is 0 Å². The van der Waals surface area contributed by atoms with Gasteiger partial charge in [0.2, 0.25) is 0 Å². The van der Waals surface area contributed by atoms with Gasteiger partial charge in [0.15, 0.2) is 0 Å². The Kier molecular flexibility index (Phi) is 3.48. The van der Waals surface area contributed by atoms with Crippen LogP contribution in [0.5, 0.6) is 5.75 Å². The number of nitrogens with zero attached hydrogens (tertiary/aromatic N) is 3. The van der Waals surface area contributed by atoms with Crippen molar-refractivity contribution >= 4 is 17.3 Å². The normalized spacial score (nSPS) is 15.5. The molecule has 23 heavy (non-hydrogen) atoms. The van der Waals surface area contributed by atoms with Crippen LogP contribution in [-0.4, -0.2) is 28.0 Å². The maximum atomic E-state index is 12.8. The number of non-ortho nitro benzene ring substituents is 1. The molecule has 7 heteroatoms. The van der Waals surface area contributed by atoms with Crippen LogP contribution in [0.15, 0.2) is 42.7 Å². The highest BCUT2D eigenvalue weighted by Crippen LogP contribution is 2.39. The van der Waals surface area contributed by atoms with Crippen molar-refractivity contribution < 1.29 is 14.5 Å². The van der Waals surface area contributed by atoms with Crippen molar-refractivity contribution in [2.45, 2.75) is 19.4 Å². The summed E-state index contributed by atoms with van der Waals surface area (Å²) in [6, 6.07) is 7.49. The van der Waals surface area contributed by atoms with Gasteiger partial charge in [-0.2, -0.15) is 0 Å². The van der Waals surface area contributed by atoms with Crippen LogP contribution in [0.1, 0.15) is 24.2 Å². The van der Waals surface area contributed by atoms with Crippen molar-refractivity contribution in [3.63, 3.8) is 0 Å². The van der Waals surface area contributed by atoms with Gasteiger partial charge in [-0.3, -0.25) is 19.9 Å². The molecule has 2 aromatic rings. The summed E-state index contributed by atoms with van der Waals surface area (Å²) in [5.41, 5.74) is 0.196. The molecular weight excluding hydrogens is 298 g/mol. The first-order valence-electron chi connectivity index (χ1n) is 7.07. The van der Waals surface area contributed by atoms with Crippen LogP contribution in [0.25, 0.3) is 0 Å². The van der Waals surface area contributed by atoms with Gasteiger partial charge in [-0.1, -0.05) is 0 Å². The van der Waals surface area contributed by atoms with Crippen LogP contribution in [0.2, 0.25) is 0 Å². The van der Waals surface area contributed by atoms with Gasteiger partial charge in [0.05, 0.1) is 17.2 Å². The summed E-state index contributed by atoms with van der Waals surface area (Å²) in [5, 5.41) is 11.0. The lowest BCUT2D eigenvalue weighted by atomic mass is 10.0. The largest absolute Gasteiger partial charge is 0.484 e. The molecule has 1 aliphatic rings. The second-order valence-corrected chi connectivity index (χ2v) is 5.90. The van der Waals surface area contributed by atoms with Gasteiger partial charge >= 0.3 is 0 Å². The van der Waals surface area contributed by atoms with E-state index in [0.29, 0.717) is 23.5 Å². The summed E-state index contributed by atoms with van der Waals surface area (Å²) in [6.07, 6.45) is 3.07. The second kappa shape index (κ2) is 5.35. The summed E-state index contributed by atoms with van der Waals surface area (Å²) in [7, 11) is 0. The van der Waals surface area contributed by atoms with E-state index in [1.165, 1.54) is 35.5 Å². The number of amides is 1. The molecule has 1 aromatic heterocycles. The zero-order chi connectivity index (χ0) is 16.6. The predicted molar refractivity (Wildman–Crippen MR) is 83.7 cm³/mol. The number of rotatable bonds is 2. The van der Waals surface area contributed by atoms with E-state index in [1.54, 1.807) is 12.1 Å². The third kappa shape index (κ3) is 2.85. The highest BCUT2D eigenvalue weighted by molar-refractivity contribution is 6.07. The molecule has 0 saturated heterocycles. The first-order chi connectivity index (χ1) is 10.9. The molecule has 0 atom stereocenters. The molecule has 118 valence electrons. The van der Waals surface area contributed by atoms with Crippen molar-refractivity contribution in [1.82, 2.24) is 4.98 Å². The van der Waals surface area contributed by atoms with Crippen molar-refractivity contribution in [2.24, 2.45) is 0 Å². The number of pyridine rings is 1. The summed E-state index contributed by atoms with van der Waals surface area (Å²) in [4.78, 5) is 28.7. The topological polar surface area (TPSA) is 85.6 Å². The molecule has 1 amide bonds. The Morgan fingerprint density at radius 2 is 2.00 bits per heavy atom. The van der Waals surface area contributed by atoms with Gasteiger partial charge in [0.1, 0.15) is 11.4 Å². The van der Waals surface area contributed by atoms with Crippen LogP contribution in [0.4, 0.5) is 11.4 Å². The van der Waals surface area contributed by atoms with Gasteiger partial charge < -0.3 is 9.64 Å². The average molecular weight is 313 g/mol. The molecule has 0 radical (unpaired) electrons. The molecule has 0 bridgehead atoms. The molecule has 2 heterocycles. The Morgan fingerprint density at radius 3 is 2.65 bits per heavy atom. The minimum Gasteiger partial charge on any atom is -0.484 e. The SMILES string of the molecule is CC1(C)CN(C(=O)c2ccncc2)c2cc([N+](=O)[O-])ccc2O1. The number of nitro groups is 1. The zero-order valence-corrected chi connectivity index (χ0v) is 12.7. The lowest BCUT2D eigenvalue weighted by Gasteiger charge is -2.39. The maximum absolute atomic E-state index is 12.8. The number of hydrogen-bond donors (Lipinski definition) is 0. The van der Waals surface area contributed by atoms with Gasteiger partial charge in [-0.25, -0.2) is 0 Å². The molecule has 7 nitrogen and oxygen atoms in total. The van der Waals surface area contributed by atoms with Crippen molar-refractivity contribution in [1.29, 1.82) is 0 Å². The lowest BCUT2D eigenvalue weighted by molar-refractivity contribution is -0.384. The summed E-state index contributed by atoms with van der Waals surface area (Å²) in [5.74, 6) is 0.208. The minimum absolute atomic E-state index is 0.0837. The first-order valence-corrected chi connectivity index (χ1v) is 7.07. The van der Waals surface area contributed by atoms with E-state index in [4.69, 9.17) is 4.74 Å². The molecular formula is C16H15N3O4. The molecule has 0 saturated carbocycles. The molecule has 3 rings (SSSR count). The number of hydrogen-bond acceptors (Lipinski definition) is 5. The van der Waals surface area contributed by atoms with Crippen LogP contribution in [0.3, 0.4) is 0 Å². The molecule has 1 aromatic carbocycles. The molecule has 0 fully saturated rings. The van der Waals surface area contributed by atoms with Crippen molar-refractivity contribution in [3.8, 4) is 5.75 Å². The number of carbonyl (C=O) groups excluding carboxylic acids is 1. The van der Waals surface area contributed by atoms with Gasteiger partial charge in [-0.05, 0) is 32.0 Å². The zero-order valence-electron chi connectivity index (χ0n) is 12.7. The van der Waals surface area contributed by atoms with E-state index in [1.807, 2.05) is 13.8 Å². The van der Waals surface area contributed by atoms with Crippen LogP contribution in [-0.2, 0) is 0 Å². The maximum Gasteiger partial charge on any atom is 0.271 e. The molecule has 0 aliphatic carbocycles. The van der Waals surface area contributed by atoms with Gasteiger partial charge in [-0.15, -0.1) is 0 Å². The number of aromatic nitrogens is 1. The Morgan fingerprint density at radius 1 is 1.30 bits per heavy atom. The first kappa shape index (κ1) is 15.0. The number of benzene rings is 1. The number of nitro benzene ring substituents is 1. The van der Waals surface area contributed by atoms with Gasteiger partial charge in [0, 0.05) is 30.1 Å². The van der Waals surface area contributed by atoms with E-state index in [2.05, 4.69) is 4.98 Å². The standard InChI is InChI=1S/C16H15N3O4/c1-16(2)10-18(15(20)11-5-7-17-8-6-11)13-9-12(19(21)22)3-4-14(13)23-16/h3-9H,10H2,1-2H3. The Balaban J connectivity index is 2.08. The van der Waals surface area contributed by atoms with Crippen molar-refractivity contribution in [3.05, 3.63) is 58.4 Å². The molecule has 0 spiro atoms. The quantitative estimate of drug-likeness (QED) is 0.628. The average Bonchev–Trinajstić information content (AvgIpc) is 2.53. The fourth-order valence-electron chi connectivity index (χ4n) is 2.54. The minimum atomic E-state index is -0.591. The van der Waals surface area contributed by atoms with Crippen LogP contribution in [0, 0.1) is 10.1 Å². The Labute approximate surface area is 132 Å². The highest BCUT2D eigenvalue weighted by Gasteiger charge is 2.36. The van der Waals surface area contributed by atoms with E-state index in [0.717, 1.165) is 0 Å². The third-order valence-electron chi connectivity index (χ3n) is 3.54. The predicted octanol–water partition coefficient (Wildman–Crippen LogP) is 2.81. The molecule has 0 unspecified atom stereocenters. The van der Waals surface area contributed by atoms with E-state index in [9.17, 15) is 14.9 Å². The number of ether oxygens (including phenoxy) is 1. The Bertz CT molecular complexity index is 774. The third-order valence-corrected chi connectivity index (χ3v) is 3.54. The van der Waals surface area contributed by atoms with E-state index >= 15 is 0 Å². The smallest absolute Gasteiger partial charge is 0.271 e. The fourth-order valence-corrected chi connectivity index (χ4v) is 2.54. The second-order valence-electron chi connectivity index (χ2n) is 5.90. The number of carbonyl (C=O) groups is 1. The monoisotopic (exact) mass is 313 g/mol. The molecule has 0 N–H and O–H groups in total. The lowest BCUT2D eigenvalue weighted by Crippen LogP contribution is -2.49. The molecule has 1 aliphatic heterocycles. The number of fused-ring (bicyclic) bond motifs is 1.